The number of hydrogen-bond acceptors (Lipinski definition) is 4. The highest BCUT2D eigenvalue weighted by Crippen LogP contribution is 2.67. The summed E-state index contributed by atoms with van der Waals surface area (Å²) in [6, 6.07) is 0. The average molecular weight is 780 g/mol. The Morgan fingerprint density at radius 1 is 0.768 bits per heavy atom. The van der Waals surface area contributed by atoms with Crippen molar-refractivity contribution in [1.29, 1.82) is 0 Å². The van der Waals surface area contributed by atoms with E-state index in [-0.39, 0.29) is 6.10 Å². The minimum absolute atomic E-state index is 0.0982. The first-order valence-electron chi connectivity index (χ1n) is 24.5. The van der Waals surface area contributed by atoms with E-state index in [1.165, 1.54) is 128 Å². The Morgan fingerprint density at radius 3 is 2.23 bits per heavy atom. The van der Waals surface area contributed by atoms with Crippen molar-refractivity contribution in [2.45, 2.75) is 201 Å². The molecular formula is C52H93NO3. The van der Waals surface area contributed by atoms with Crippen LogP contribution in [0, 0.1) is 46.3 Å². The number of nitrogens with zero attached hydrogens (tertiary/aromatic N) is 1. The van der Waals surface area contributed by atoms with Crippen molar-refractivity contribution in [1.82, 2.24) is 4.90 Å². The Kier molecular flexibility index (Phi) is 21.8. The van der Waals surface area contributed by atoms with Gasteiger partial charge in [0.05, 0.1) is 32.0 Å². The number of ether oxygens (including phenoxy) is 3. The minimum atomic E-state index is 0.0982. The maximum absolute atomic E-state index is 6.56. The van der Waals surface area contributed by atoms with Crippen molar-refractivity contribution in [3.63, 3.8) is 0 Å². The van der Waals surface area contributed by atoms with Gasteiger partial charge >= 0.3 is 0 Å². The largest absolute Gasteiger partial charge is 0.379 e. The molecule has 0 heterocycles. The minimum Gasteiger partial charge on any atom is -0.379 e. The summed E-state index contributed by atoms with van der Waals surface area (Å²) in [4.78, 5) is 2.22. The van der Waals surface area contributed by atoms with E-state index in [1.807, 2.05) is 0 Å². The lowest BCUT2D eigenvalue weighted by Gasteiger charge is -2.58. The summed E-state index contributed by atoms with van der Waals surface area (Å²) in [5.41, 5.74) is 2.69. The number of allylic oxidation sites excluding steroid dienone is 5. The first kappa shape index (κ1) is 47.7. The summed E-state index contributed by atoms with van der Waals surface area (Å²) in [6.07, 6.45) is 43.0. The molecule has 1 unspecified atom stereocenters. The van der Waals surface area contributed by atoms with Crippen molar-refractivity contribution >= 4 is 0 Å². The van der Waals surface area contributed by atoms with E-state index in [0.717, 1.165) is 67.9 Å². The number of likely N-dealkylation sites (N-methyl/N-ethyl adjacent to an activating group) is 1. The second kappa shape index (κ2) is 25.6. The Balaban J connectivity index is 1.07. The molecule has 0 aliphatic heterocycles. The van der Waals surface area contributed by atoms with Crippen LogP contribution in [-0.2, 0) is 14.2 Å². The van der Waals surface area contributed by atoms with Crippen LogP contribution in [0.2, 0.25) is 0 Å². The molecule has 0 radical (unpaired) electrons. The van der Waals surface area contributed by atoms with E-state index >= 15 is 0 Å². The molecule has 9 atom stereocenters. The molecule has 0 bridgehead atoms. The fraction of sp³-hybridized carbons (Fsp3) is 0.885. The number of hydrogen-bond donors (Lipinski definition) is 0. The van der Waals surface area contributed by atoms with E-state index in [1.54, 1.807) is 5.57 Å². The Labute approximate surface area is 348 Å². The molecule has 4 aliphatic rings. The summed E-state index contributed by atoms with van der Waals surface area (Å²) >= 11 is 0. The van der Waals surface area contributed by atoms with Gasteiger partial charge in [0.1, 0.15) is 0 Å². The lowest BCUT2D eigenvalue weighted by molar-refractivity contribution is -0.0785. The third-order valence-corrected chi connectivity index (χ3v) is 15.4. The summed E-state index contributed by atoms with van der Waals surface area (Å²) in [7, 11) is 4.26. The second-order valence-electron chi connectivity index (χ2n) is 20.4. The van der Waals surface area contributed by atoms with Crippen LogP contribution >= 0.6 is 0 Å². The Morgan fingerprint density at radius 2 is 1.50 bits per heavy atom. The van der Waals surface area contributed by atoms with Crippen molar-refractivity contribution in [2.24, 2.45) is 46.3 Å². The normalized spacial score (nSPS) is 30.2. The monoisotopic (exact) mass is 780 g/mol. The number of rotatable bonds is 29. The molecule has 3 saturated carbocycles. The van der Waals surface area contributed by atoms with Crippen LogP contribution in [0.5, 0.6) is 0 Å². The van der Waals surface area contributed by atoms with Gasteiger partial charge in [0.25, 0.3) is 0 Å². The topological polar surface area (TPSA) is 30.9 Å². The first-order chi connectivity index (χ1) is 27.1. The molecule has 0 N–H and O–H groups in total. The van der Waals surface area contributed by atoms with Gasteiger partial charge in [-0.15, -0.1) is 0 Å². The molecule has 324 valence electrons. The van der Waals surface area contributed by atoms with Gasteiger partial charge in [-0.05, 0) is 150 Å². The molecule has 0 aromatic rings. The van der Waals surface area contributed by atoms with Gasteiger partial charge < -0.3 is 19.1 Å². The molecule has 0 amide bonds. The van der Waals surface area contributed by atoms with Crippen molar-refractivity contribution in [2.75, 3.05) is 47.1 Å². The van der Waals surface area contributed by atoms with Gasteiger partial charge in [-0.3, -0.25) is 0 Å². The Hall–Kier alpha value is -0.940. The quantitative estimate of drug-likeness (QED) is 0.0559. The predicted octanol–water partition coefficient (Wildman–Crippen LogP) is 14.2. The van der Waals surface area contributed by atoms with Crippen molar-refractivity contribution in [3.8, 4) is 0 Å². The second-order valence-corrected chi connectivity index (χ2v) is 20.4. The highest BCUT2D eigenvalue weighted by atomic mass is 16.6. The highest BCUT2D eigenvalue weighted by molar-refractivity contribution is 5.25. The summed E-state index contributed by atoms with van der Waals surface area (Å²) in [5.74, 6) is 5.38. The van der Waals surface area contributed by atoms with Gasteiger partial charge in [-0.2, -0.15) is 0 Å². The number of fused-ring (bicyclic) bond motifs is 5. The zero-order valence-corrected chi connectivity index (χ0v) is 38.5. The SMILES string of the molecule is CCCCC/C=C\C/C=C\CCCCCCCCOCC(CN(C)C)OCCO[C@H]1CC[C@@]2(C)C(=CC[C@H]3[C@@H]4CC[C@H]([C@H](C)CCCC(C)C)[C@@]4(C)CC[C@@H]32)C1. The molecule has 0 spiro atoms. The van der Waals surface area contributed by atoms with Crippen LogP contribution in [0.4, 0.5) is 0 Å². The van der Waals surface area contributed by atoms with E-state index in [0.29, 0.717) is 36.8 Å². The van der Waals surface area contributed by atoms with Gasteiger partial charge in [0.15, 0.2) is 0 Å². The predicted molar refractivity (Wildman–Crippen MR) is 241 cm³/mol. The fourth-order valence-electron chi connectivity index (χ4n) is 12.2. The van der Waals surface area contributed by atoms with Crippen LogP contribution in [0.25, 0.3) is 0 Å². The molecule has 56 heavy (non-hydrogen) atoms. The van der Waals surface area contributed by atoms with Crippen LogP contribution in [-0.4, -0.2) is 64.2 Å². The molecule has 0 saturated heterocycles. The van der Waals surface area contributed by atoms with E-state index in [2.05, 4.69) is 90.9 Å². The van der Waals surface area contributed by atoms with E-state index in [4.69, 9.17) is 14.2 Å². The van der Waals surface area contributed by atoms with E-state index < -0.39 is 0 Å². The molecule has 0 aromatic carbocycles. The lowest BCUT2D eigenvalue weighted by atomic mass is 9.47. The van der Waals surface area contributed by atoms with Crippen molar-refractivity contribution in [3.05, 3.63) is 36.0 Å². The van der Waals surface area contributed by atoms with Gasteiger partial charge in [0, 0.05) is 13.2 Å². The van der Waals surface area contributed by atoms with Crippen molar-refractivity contribution < 1.29 is 14.2 Å². The van der Waals surface area contributed by atoms with Crippen LogP contribution in [0.1, 0.15) is 189 Å². The van der Waals surface area contributed by atoms with Gasteiger partial charge in [-0.25, -0.2) is 0 Å². The van der Waals surface area contributed by atoms with Crippen LogP contribution in [0.15, 0.2) is 36.0 Å². The smallest absolute Gasteiger partial charge is 0.0935 e. The third-order valence-electron chi connectivity index (χ3n) is 15.4. The fourth-order valence-corrected chi connectivity index (χ4v) is 12.2. The molecule has 3 fully saturated rings. The van der Waals surface area contributed by atoms with E-state index in [9.17, 15) is 0 Å². The Bertz CT molecular complexity index is 1140. The zero-order chi connectivity index (χ0) is 40.2. The summed E-state index contributed by atoms with van der Waals surface area (Å²) in [5, 5.41) is 0. The molecule has 4 nitrogen and oxygen atoms in total. The third kappa shape index (κ3) is 15.0. The maximum Gasteiger partial charge on any atom is 0.0935 e. The molecule has 4 aliphatic carbocycles. The molecule has 0 aromatic heterocycles. The first-order valence-corrected chi connectivity index (χ1v) is 24.5. The molecule has 4 rings (SSSR count). The summed E-state index contributed by atoms with van der Waals surface area (Å²) < 4.78 is 19.1. The number of unbranched alkanes of at least 4 members (excludes halogenated alkanes) is 9. The van der Waals surface area contributed by atoms with Gasteiger partial charge in [-0.1, -0.05) is 135 Å². The van der Waals surface area contributed by atoms with Gasteiger partial charge in [0.2, 0.25) is 0 Å². The lowest BCUT2D eigenvalue weighted by Crippen LogP contribution is -2.51. The zero-order valence-electron chi connectivity index (χ0n) is 38.5. The molecule has 4 heteroatoms. The molecular weight excluding hydrogens is 687 g/mol. The highest BCUT2D eigenvalue weighted by Gasteiger charge is 2.59. The maximum atomic E-state index is 6.56. The van der Waals surface area contributed by atoms with Crippen LogP contribution < -0.4 is 0 Å². The average Bonchev–Trinajstić information content (AvgIpc) is 3.53. The van der Waals surface area contributed by atoms with Crippen LogP contribution in [0.3, 0.4) is 0 Å². The summed E-state index contributed by atoms with van der Waals surface area (Å²) in [6.45, 7) is 18.8. The standard InChI is InChI=1S/C52H93NO3/c1-9-10-11-12-13-14-15-16-17-18-19-20-21-22-23-24-36-54-41-46(40-53(7)8)56-38-37-55-45-32-34-51(5)44(39-45)28-29-47-49-31-30-48(43(4)27-25-26-42(2)3)52(49,6)35-33-50(47)51/h13-14,16-17,28,42-43,45-50H,9-12,15,18-27,29-41H2,1-8H3/b14-13-,17-16-/t43-,45+,46?,47+,48-,49+,50+,51+,52-/m1/s1.